The Morgan fingerprint density at radius 3 is 3.00 bits per heavy atom. The molecule has 1 aromatic carbocycles. The molecule has 0 saturated carbocycles. The lowest BCUT2D eigenvalue weighted by Gasteiger charge is -2.16. The van der Waals surface area contributed by atoms with Crippen molar-refractivity contribution >= 4 is 16.9 Å². The van der Waals surface area contributed by atoms with Gasteiger partial charge in [0.15, 0.2) is 5.17 Å². The van der Waals surface area contributed by atoms with Crippen molar-refractivity contribution in [2.45, 2.75) is 44.9 Å². The number of aliphatic imine (C=N–C) groups is 1. The molecule has 0 bridgehead atoms. The molecule has 0 saturated heterocycles. The van der Waals surface area contributed by atoms with E-state index in [0.29, 0.717) is 10.8 Å². The number of aryl methyl sites for hydroxylation is 1. The van der Waals surface area contributed by atoms with Gasteiger partial charge in [0.2, 0.25) is 0 Å². The molecule has 0 amide bonds. The number of nitrogens with zero attached hydrogens (tertiary/aromatic N) is 1. The summed E-state index contributed by atoms with van der Waals surface area (Å²) < 4.78 is 13.6. The summed E-state index contributed by atoms with van der Waals surface area (Å²) in [6.07, 6.45) is 2.39. The zero-order valence-electron chi connectivity index (χ0n) is 11.7. The predicted molar refractivity (Wildman–Crippen MR) is 81.3 cm³/mol. The number of nitrogens with one attached hydrogen (secondary N) is 1. The van der Waals surface area contributed by atoms with E-state index in [2.05, 4.69) is 17.2 Å². The molecule has 104 valence electrons. The number of hydrogen-bond acceptors (Lipinski definition) is 3. The molecule has 1 N–H and O–H groups in total. The molecular weight excluding hydrogens is 259 g/mol. The van der Waals surface area contributed by atoms with Crippen LogP contribution in [0, 0.1) is 12.7 Å². The minimum atomic E-state index is -0.143. The first-order chi connectivity index (χ1) is 9.10. The van der Waals surface area contributed by atoms with Crippen LogP contribution in [0.4, 0.5) is 4.39 Å². The van der Waals surface area contributed by atoms with Gasteiger partial charge in [0.1, 0.15) is 5.82 Å². The lowest BCUT2D eigenvalue weighted by molar-refractivity contribution is 0.609. The van der Waals surface area contributed by atoms with Gasteiger partial charge in [-0.15, -0.1) is 0 Å². The molecule has 2 nitrogen and oxygen atoms in total. The third kappa shape index (κ3) is 3.72. The number of hydrogen-bond donors (Lipinski definition) is 1. The van der Waals surface area contributed by atoms with Crippen molar-refractivity contribution in [3.05, 3.63) is 35.1 Å². The van der Waals surface area contributed by atoms with Crippen LogP contribution < -0.4 is 5.32 Å². The highest BCUT2D eigenvalue weighted by molar-refractivity contribution is 8.14. The smallest absolute Gasteiger partial charge is 0.157 e. The average Bonchev–Trinajstić information content (AvgIpc) is 2.80. The maximum atomic E-state index is 13.6. The second kappa shape index (κ2) is 6.42. The van der Waals surface area contributed by atoms with Gasteiger partial charge in [0.25, 0.3) is 0 Å². The lowest BCUT2D eigenvalue weighted by Crippen LogP contribution is -2.23. The highest BCUT2D eigenvalue weighted by atomic mass is 32.2. The molecule has 1 aliphatic heterocycles. The van der Waals surface area contributed by atoms with Crippen LogP contribution in [0.2, 0.25) is 0 Å². The molecule has 1 aliphatic rings. The Morgan fingerprint density at radius 1 is 1.53 bits per heavy atom. The van der Waals surface area contributed by atoms with E-state index in [1.807, 2.05) is 30.8 Å². The van der Waals surface area contributed by atoms with Crippen LogP contribution in [-0.2, 0) is 0 Å². The molecule has 1 heterocycles. The summed E-state index contributed by atoms with van der Waals surface area (Å²) >= 11 is 1.81. The van der Waals surface area contributed by atoms with E-state index in [1.165, 1.54) is 12.8 Å². The third-order valence-corrected chi connectivity index (χ3v) is 4.55. The predicted octanol–water partition coefficient (Wildman–Crippen LogP) is 4.06. The van der Waals surface area contributed by atoms with Crippen molar-refractivity contribution < 1.29 is 4.39 Å². The van der Waals surface area contributed by atoms with Gasteiger partial charge >= 0.3 is 0 Å². The summed E-state index contributed by atoms with van der Waals surface area (Å²) in [6.45, 7) is 6.92. The van der Waals surface area contributed by atoms with Crippen molar-refractivity contribution in [1.29, 1.82) is 0 Å². The Balaban J connectivity index is 1.94. The van der Waals surface area contributed by atoms with Gasteiger partial charge in [-0.2, -0.15) is 0 Å². The minimum absolute atomic E-state index is 0.0849. The van der Waals surface area contributed by atoms with E-state index in [4.69, 9.17) is 0 Å². The SMILES string of the molecule is CCCC1CN=C(NC(C)c2ccc(C)c(F)c2)S1. The van der Waals surface area contributed by atoms with Gasteiger partial charge in [0, 0.05) is 5.25 Å². The molecule has 1 aromatic rings. The second-order valence-electron chi connectivity index (χ2n) is 5.05. The fourth-order valence-electron chi connectivity index (χ4n) is 2.12. The summed E-state index contributed by atoms with van der Waals surface area (Å²) in [5, 5.41) is 4.97. The first-order valence-corrected chi connectivity index (χ1v) is 7.71. The van der Waals surface area contributed by atoms with Crippen molar-refractivity contribution in [3.8, 4) is 0 Å². The fourth-order valence-corrected chi connectivity index (χ4v) is 3.33. The summed E-state index contributed by atoms with van der Waals surface area (Å²) in [5.74, 6) is -0.143. The van der Waals surface area contributed by atoms with Crippen LogP contribution >= 0.6 is 11.8 Å². The molecule has 2 atom stereocenters. The molecule has 0 radical (unpaired) electrons. The molecule has 0 spiro atoms. The second-order valence-corrected chi connectivity index (χ2v) is 6.34. The van der Waals surface area contributed by atoms with E-state index in [0.717, 1.165) is 17.3 Å². The molecule has 2 unspecified atom stereocenters. The van der Waals surface area contributed by atoms with Crippen LogP contribution in [0.5, 0.6) is 0 Å². The molecule has 0 fully saturated rings. The van der Waals surface area contributed by atoms with Gasteiger partial charge in [-0.05, 0) is 37.5 Å². The normalized spacial score (nSPS) is 20.2. The Kier molecular flexibility index (Phi) is 4.86. The first-order valence-electron chi connectivity index (χ1n) is 6.83. The number of halogens is 1. The van der Waals surface area contributed by atoms with Crippen LogP contribution in [0.3, 0.4) is 0 Å². The molecule has 0 aromatic heterocycles. The van der Waals surface area contributed by atoms with Crippen molar-refractivity contribution in [1.82, 2.24) is 5.32 Å². The minimum Gasteiger partial charge on any atom is -0.358 e. The van der Waals surface area contributed by atoms with Gasteiger partial charge in [-0.1, -0.05) is 37.2 Å². The van der Waals surface area contributed by atoms with Gasteiger partial charge in [-0.25, -0.2) is 4.39 Å². The number of benzene rings is 1. The Hall–Kier alpha value is -1.03. The Morgan fingerprint density at radius 2 is 2.32 bits per heavy atom. The zero-order chi connectivity index (χ0) is 13.8. The molecule has 19 heavy (non-hydrogen) atoms. The van der Waals surface area contributed by atoms with E-state index in [-0.39, 0.29) is 11.9 Å². The van der Waals surface area contributed by atoms with E-state index >= 15 is 0 Å². The first kappa shape index (κ1) is 14.4. The van der Waals surface area contributed by atoms with Crippen molar-refractivity contribution in [2.75, 3.05) is 6.54 Å². The summed E-state index contributed by atoms with van der Waals surface area (Å²) in [5.41, 5.74) is 1.65. The Bertz CT molecular complexity index is 473. The summed E-state index contributed by atoms with van der Waals surface area (Å²) in [4.78, 5) is 4.52. The quantitative estimate of drug-likeness (QED) is 0.899. The fraction of sp³-hybridized carbons (Fsp3) is 0.533. The summed E-state index contributed by atoms with van der Waals surface area (Å²) in [6, 6.07) is 5.49. The summed E-state index contributed by atoms with van der Waals surface area (Å²) in [7, 11) is 0. The lowest BCUT2D eigenvalue weighted by atomic mass is 10.1. The van der Waals surface area contributed by atoms with E-state index < -0.39 is 0 Å². The number of thioether (sulfide) groups is 1. The number of rotatable bonds is 4. The molecule has 0 aliphatic carbocycles. The van der Waals surface area contributed by atoms with Gasteiger partial charge in [-0.3, -0.25) is 4.99 Å². The molecule has 2 rings (SSSR count). The van der Waals surface area contributed by atoms with Crippen LogP contribution in [0.15, 0.2) is 23.2 Å². The molecular formula is C15H21FN2S. The standard InChI is InChI=1S/C15H21FN2S/c1-4-5-13-9-17-15(19-13)18-11(3)12-7-6-10(2)14(16)8-12/h6-8,11,13H,4-5,9H2,1-3H3,(H,17,18). The van der Waals surface area contributed by atoms with Crippen LogP contribution in [0.25, 0.3) is 0 Å². The Labute approximate surface area is 118 Å². The van der Waals surface area contributed by atoms with Crippen LogP contribution in [-0.4, -0.2) is 17.0 Å². The van der Waals surface area contributed by atoms with Crippen molar-refractivity contribution in [3.63, 3.8) is 0 Å². The van der Waals surface area contributed by atoms with E-state index in [9.17, 15) is 4.39 Å². The largest absolute Gasteiger partial charge is 0.358 e. The van der Waals surface area contributed by atoms with E-state index in [1.54, 1.807) is 13.0 Å². The average molecular weight is 280 g/mol. The molecule has 4 heteroatoms. The zero-order valence-corrected chi connectivity index (χ0v) is 12.6. The van der Waals surface area contributed by atoms with Gasteiger partial charge < -0.3 is 5.32 Å². The maximum Gasteiger partial charge on any atom is 0.157 e. The van der Waals surface area contributed by atoms with Crippen LogP contribution in [0.1, 0.15) is 43.9 Å². The highest BCUT2D eigenvalue weighted by Gasteiger charge is 2.20. The third-order valence-electron chi connectivity index (χ3n) is 3.36. The highest BCUT2D eigenvalue weighted by Crippen LogP contribution is 2.25. The van der Waals surface area contributed by atoms with Gasteiger partial charge in [0.05, 0.1) is 12.6 Å². The van der Waals surface area contributed by atoms with Crippen molar-refractivity contribution in [2.24, 2.45) is 4.99 Å². The monoisotopic (exact) mass is 280 g/mol. The number of amidine groups is 1. The topological polar surface area (TPSA) is 24.4 Å². The maximum absolute atomic E-state index is 13.6.